The van der Waals surface area contributed by atoms with Crippen LogP contribution in [0.3, 0.4) is 0 Å². The van der Waals surface area contributed by atoms with Crippen molar-refractivity contribution >= 4 is 46.8 Å². The number of methoxy groups -OCH3 is 2. The SMILES string of the molecule is CC(=O)O.CC(=O)O.CC(=O)O.COc1cc(C2OCCO2)cc(OC)[c]1[Pb]. The van der Waals surface area contributed by atoms with Crippen LogP contribution < -0.4 is 12.6 Å². The number of aliphatic carboxylic acids is 3. The molecule has 3 N–H and O–H groups in total. The van der Waals surface area contributed by atoms with E-state index in [1.54, 1.807) is 14.2 Å². The third kappa shape index (κ3) is 15.2. The molecule has 0 unspecified atom stereocenters. The molecule has 0 spiro atoms. The molecule has 3 radical (unpaired) electrons. The summed E-state index contributed by atoms with van der Waals surface area (Å²) < 4.78 is 22.7. The topological polar surface area (TPSA) is 149 Å². The van der Waals surface area contributed by atoms with Gasteiger partial charge in [-0.3, -0.25) is 14.4 Å². The molecule has 28 heavy (non-hydrogen) atoms. The third-order valence-electron chi connectivity index (χ3n) is 2.42. The summed E-state index contributed by atoms with van der Waals surface area (Å²) in [5.41, 5.74) is 0.950. The molecule has 1 aliphatic rings. The van der Waals surface area contributed by atoms with Gasteiger partial charge in [-0.2, -0.15) is 0 Å². The van der Waals surface area contributed by atoms with Crippen LogP contribution in [0.25, 0.3) is 0 Å². The van der Waals surface area contributed by atoms with Crippen molar-refractivity contribution in [3.63, 3.8) is 0 Å². The number of ether oxygens (including phenoxy) is 4. The Morgan fingerprint density at radius 2 is 1.18 bits per heavy atom. The van der Waals surface area contributed by atoms with Crippen molar-refractivity contribution in [3.05, 3.63) is 17.7 Å². The van der Waals surface area contributed by atoms with Crippen LogP contribution in [0.15, 0.2) is 12.1 Å². The predicted octanol–water partition coefficient (Wildman–Crippen LogP) is 0.816. The van der Waals surface area contributed by atoms with Gasteiger partial charge in [-0.15, -0.1) is 0 Å². The molecule has 1 aromatic carbocycles. The van der Waals surface area contributed by atoms with Crippen molar-refractivity contribution in [2.75, 3.05) is 27.4 Å². The van der Waals surface area contributed by atoms with Gasteiger partial charge in [0.15, 0.2) is 0 Å². The fourth-order valence-electron chi connectivity index (χ4n) is 1.62. The van der Waals surface area contributed by atoms with E-state index in [1.165, 1.54) is 0 Å². The first kappa shape index (κ1) is 28.3. The Morgan fingerprint density at radius 1 is 0.893 bits per heavy atom. The van der Waals surface area contributed by atoms with Crippen LogP contribution in [0.1, 0.15) is 32.6 Å². The van der Waals surface area contributed by atoms with E-state index in [2.05, 4.69) is 0 Å². The summed E-state index contributed by atoms with van der Waals surface area (Å²) in [7, 11) is 3.33. The van der Waals surface area contributed by atoms with Crippen molar-refractivity contribution in [3.8, 4) is 11.5 Å². The Kier molecular flexibility index (Phi) is 16.2. The summed E-state index contributed by atoms with van der Waals surface area (Å²) in [6, 6.07) is 3.92. The van der Waals surface area contributed by atoms with Crippen LogP contribution in [0.2, 0.25) is 0 Å². The van der Waals surface area contributed by atoms with Crippen LogP contribution in [0.4, 0.5) is 0 Å². The van der Waals surface area contributed by atoms with Crippen molar-refractivity contribution in [2.24, 2.45) is 0 Å². The molecule has 0 bridgehead atoms. The number of carbonyl (C=O) groups is 3. The minimum atomic E-state index is -0.833. The summed E-state index contributed by atoms with van der Waals surface area (Å²) >= 11 is 0.877. The van der Waals surface area contributed by atoms with Gasteiger partial charge in [-0.1, -0.05) is 0 Å². The van der Waals surface area contributed by atoms with Gasteiger partial charge >= 0.3 is 111 Å². The Morgan fingerprint density at radius 3 is 1.43 bits per heavy atom. The Hall–Kier alpha value is -1.93. The first-order chi connectivity index (χ1) is 13.0. The second-order valence-electron chi connectivity index (χ2n) is 4.93. The normalized spacial score (nSPS) is 12.1. The van der Waals surface area contributed by atoms with Gasteiger partial charge in [0.2, 0.25) is 0 Å². The summed E-state index contributed by atoms with van der Waals surface area (Å²) in [5, 5.41) is 22.2. The minimum absolute atomic E-state index is 0.287. The molecule has 0 aliphatic carbocycles. The van der Waals surface area contributed by atoms with E-state index >= 15 is 0 Å². The summed E-state index contributed by atoms with van der Waals surface area (Å²) in [5.74, 6) is -0.805. The Bertz CT molecular complexity index is 561. The molecule has 2 rings (SSSR count). The molecule has 0 aromatic heterocycles. The first-order valence-corrected chi connectivity index (χ1v) is 9.69. The van der Waals surface area contributed by atoms with Gasteiger partial charge in [0.25, 0.3) is 17.9 Å². The summed E-state index contributed by atoms with van der Waals surface area (Å²) in [4.78, 5) is 27.0. The molecule has 1 fully saturated rings. The Balaban J connectivity index is 0. The number of hydrogen-bond acceptors (Lipinski definition) is 7. The maximum atomic E-state index is 9.00. The molecular formula is C17H25O10Pb. The molecule has 0 amide bonds. The standard InChI is InChI=1S/C11H13O4.3C2H4O2.Pb/c1-12-9-5-8(6-10(7-9)13-2)11-14-3-4-15-11;3*1-2(3)4;/h5-6,11H,3-4H2,1-2H3;3*1H3,(H,3,4);. The summed E-state index contributed by atoms with van der Waals surface area (Å²) in [6.45, 7) is 4.52. The third-order valence-corrected chi connectivity index (χ3v) is 4.34. The van der Waals surface area contributed by atoms with Crippen molar-refractivity contribution in [2.45, 2.75) is 27.1 Å². The first-order valence-electron chi connectivity index (χ1n) is 7.75. The van der Waals surface area contributed by atoms with E-state index in [9.17, 15) is 0 Å². The van der Waals surface area contributed by atoms with Crippen LogP contribution >= 0.6 is 0 Å². The fraction of sp³-hybridized carbons (Fsp3) is 0.471. The molecule has 0 atom stereocenters. The quantitative estimate of drug-likeness (QED) is 0.428. The zero-order valence-corrected chi connectivity index (χ0v) is 20.2. The van der Waals surface area contributed by atoms with Gasteiger partial charge < -0.3 is 15.3 Å². The number of rotatable bonds is 3. The number of carboxylic acid groups (broad SMARTS) is 3. The average Bonchev–Trinajstić information content (AvgIpc) is 3.08. The molecule has 1 aromatic rings. The molecule has 1 saturated heterocycles. The molecule has 1 aliphatic heterocycles. The van der Waals surface area contributed by atoms with Crippen molar-refractivity contribution in [1.82, 2.24) is 0 Å². The van der Waals surface area contributed by atoms with Gasteiger partial charge in [0.05, 0.1) is 0 Å². The van der Waals surface area contributed by atoms with E-state index in [1.807, 2.05) is 12.1 Å². The molecule has 0 saturated carbocycles. The van der Waals surface area contributed by atoms with Crippen LogP contribution in [0.5, 0.6) is 11.5 Å². The van der Waals surface area contributed by atoms with E-state index in [0.29, 0.717) is 13.2 Å². The van der Waals surface area contributed by atoms with Crippen LogP contribution in [-0.4, -0.2) is 86.4 Å². The fourth-order valence-corrected chi connectivity index (χ4v) is 2.97. The van der Waals surface area contributed by atoms with Gasteiger partial charge in [-0.05, 0) is 0 Å². The number of benzene rings is 1. The number of hydrogen-bond donors (Lipinski definition) is 3. The zero-order valence-electron chi connectivity index (χ0n) is 16.3. The van der Waals surface area contributed by atoms with Crippen molar-refractivity contribution < 1.29 is 48.7 Å². The predicted molar refractivity (Wildman–Crippen MR) is 99.5 cm³/mol. The molecule has 11 heteroatoms. The maximum absolute atomic E-state index is 9.00. The second-order valence-corrected chi connectivity index (χ2v) is 6.87. The zero-order chi connectivity index (χ0) is 22.3. The monoisotopic (exact) mass is 597 g/mol. The second kappa shape index (κ2) is 16.1. The van der Waals surface area contributed by atoms with Crippen LogP contribution in [-0.2, 0) is 23.9 Å². The van der Waals surface area contributed by atoms with E-state index in [-0.39, 0.29) is 6.29 Å². The molecule has 157 valence electrons. The number of carboxylic acids is 3. The summed E-state index contributed by atoms with van der Waals surface area (Å²) in [6.07, 6.45) is -0.287. The van der Waals surface area contributed by atoms with Crippen molar-refractivity contribution in [1.29, 1.82) is 0 Å². The van der Waals surface area contributed by atoms with Gasteiger partial charge in [0, 0.05) is 20.8 Å². The van der Waals surface area contributed by atoms with Gasteiger partial charge in [0.1, 0.15) is 0 Å². The molecule has 1 heterocycles. The van der Waals surface area contributed by atoms with E-state index < -0.39 is 17.9 Å². The van der Waals surface area contributed by atoms with E-state index in [4.69, 9.17) is 48.7 Å². The van der Waals surface area contributed by atoms with E-state index in [0.717, 1.165) is 66.7 Å². The van der Waals surface area contributed by atoms with Crippen LogP contribution in [0, 0.1) is 0 Å². The van der Waals surface area contributed by atoms with Gasteiger partial charge in [-0.25, -0.2) is 0 Å². The molecule has 10 nitrogen and oxygen atoms in total. The average molecular weight is 597 g/mol. The molecular weight excluding hydrogens is 571 g/mol. The Labute approximate surface area is 179 Å².